The van der Waals surface area contributed by atoms with Crippen molar-refractivity contribution >= 4 is 22.4 Å². The fourth-order valence-electron chi connectivity index (χ4n) is 2.97. The molecule has 1 aliphatic carbocycles. The molecule has 0 aromatic heterocycles. The van der Waals surface area contributed by atoms with E-state index in [4.69, 9.17) is 5.73 Å². The first kappa shape index (κ1) is 16.5. The minimum Gasteiger partial charge on any atom is -0.325 e. The summed E-state index contributed by atoms with van der Waals surface area (Å²) in [6.45, 7) is 4.71. The van der Waals surface area contributed by atoms with Crippen LogP contribution in [0.1, 0.15) is 33.1 Å². The van der Waals surface area contributed by atoms with E-state index >= 15 is 0 Å². The molecule has 0 bridgehead atoms. The number of carbonyl (C=O) groups is 1. The maximum Gasteiger partial charge on any atom is 0.238 e. The Bertz CT molecular complexity index is 616. The van der Waals surface area contributed by atoms with Crippen molar-refractivity contribution in [3.05, 3.63) is 42.5 Å². The first-order chi connectivity index (χ1) is 10.6. The summed E-state index contributed by atoms with van der Waals surface area (Å²) >= 11 is 0. The molecule has 2 aromatic rings. The molecule has 22 heavy (non-hydrogen) atoms. The van der Waals surface area contributed by atoms with Crippen LogP contribution in [0.15, 0.2) is 42.5 Å². The van der Waals surface area contributed by atoms with E-state index < -0.39 is 0 Å². The summed E-state index contributed by atoms with van der Waals surface area (Å²) in [6, 6.07) is 13.8. The average Bonchev–Trinajstić information content (AvgIpc) is 2.91. The highest BCUT2D eigenvalue weighted by Crippen LogP contribution is 2.29. The van der Waals surface area contributed by atoms with Crippen LogP contribution in [-0.2, 0) is 4.79 Å². The van der Waals surface area contributed by atoms with E-state index in [2.05, 4.69) is 19.2 Å². The fraction of sp³-hybridized carbons (Fsp3) is 0.421. The molecule has 2 aromatic carbocycles. The zero-order valence-electron chi connectivity index (χ0n) is 13.5. The molecule has 3 heteroatoms. The Kier molecular flexibility index (Phi) is 5.96. The molecule has 0 radical (unpaired) electrons. The van der Waals surface area contributed by atoms with Gasteiger partial charge in [0.15, 0.2) is 0 Å². The summed E-state index contributed by atoms with van der Waals surface area (Å²) in [5, 5.41) is 4.98. The second kappa shape index (κ2) is 7.95. The van der Waals surface area contributed by atoms with Crippen molar-refractivity contribution in [2.24, 2.45) is 17.6 Å². The van der Waals surface area contributed by atoms with Crippen molar-refractivity contribution in [1.29, 1.82) is 0 Å². The Morgan fingerprint density at radius 2 is 1.73 bits per heavy atom. The molecule has 0 spiro atoms. The van der Waals surface area contributed by atoms with E-state index in [0.717, 1.165) is 28.3 Å². The summed E-state index contributed by atoms with van der Waals surface area (Å²) in [5.41, 5.74) is 6.00. The lowest BCUT2D eigenvalue weighted by Crippen LogP contribution is -2.21. The minimum absolute atomic E-state index is 0.00677. The first-order valence-electron chi connectivity index (χ1n) is 8.07. The highest BCUT2D eigenvalue weighted by atomic mass is 16.1. The molecule has 2 atom stereocenters. The van der Waals surface area contributed by atoms with Gasteiger partial charge in [-0.05, 0) is 41.2 Å². The van der Waals surface area contributed by atoms with Crippen molar-refractivity contribution in [2.45, 2.75) is 33.1 Å². The number of hydrogen-bond acceptors (Lipinski definition) is 2. The zero-order chi connectivity index (χ0) is 15.9. The van der Waals surface area contributed by atoms with Crippen LogP contribution in [0.5, 0.6) is 0 Å². The summed E-state index contributed by atoms with van der Waals surface area (Å²) in [7, 11) is 0. The number of amides is 1. The van der Waals surface area contributed by atoms with E-state index in [1.54, 1.807) is 0 Å². The van der Waals surface area contributed by atoms with Crippen LogP contribution in [-0.4, -0.2) is 12.5 Å². The second-order valence-electron chi connectivity index (χ2n) is 6.34. The Balaban J connectivity index is 0.000000211. The lowest BCUT2D eigenvalue weighted by molar-refractivity contribution is -0.114. The van der Waals surface area contributed by atoms with Crippen LogP contribution in [0, 0.1) is 11.8 Å². The molecule has 3 N–H and O–H groups in total. The molecule has 1 amide bonds. The monoisotopic (exact) mass is 298 g/mol. The van der Waals surface area contributed by atoms with E-state index in [1.165, 1.54) is 19.3 Å². The van der Waals surface area contributed by atoms with Gasteiger partial charge in [0.25, 0.3) is 0 Å². The highest BCUT2D eigenvalue weighted by Gasteiger charge is 2.15. The number of carbonyl (C=O) groups excluding carboxylic acids is 1. The second-order valence-corrected chi connectivity index (χ2v) is 6.34. The Morgan fingerprint density at radius 1 is 1.09 bits per heavy atom. The molecule has 3 rings (SSSR count). The van der Waals surface area contributed by atoms with Crippen LogP contribution in [0.4, 0.5) is 5.69 Å². The van der Waals surface area contributed by atoms with Crippen LogP contribution in [0.2, 0.25) is 0 Å². The molecule has 0 saturated heterocycles. The lowest BCUT2D eigenvalue weighted by Gasteiger charge is -2.04. The zero-order valence-corrected chi connectivity index (χ0v) is 13.5. The number of benzene rings is 2. The van der Waals surface area contributed by atoms with Crippen molar-refractivity contribution in [1.82, 2.24) is 0 Å². The molecular formula is C19H26N2O. The largest absolute Gasteiger partial charge is 0.325 e. The third-order valence-corrected chi connectivity index (χ3v) is 4.18. The summed E-state index contributed by atoms with van der Waals surface area (Å²) in [5.74, 6) is 1.87. The van der Waals surface area contributed by atoms with Crippen LogP contribution in [0.3, 0.4) is 0 Å². The Morgan fingerprint density at radius 3 is 2.27 bits per heavy atom. The minimum atomic E-state index is -0.176. The number of anilines is 1. The third kappa shape index (κ3) is 4.85. The van der Waals surface area contributed by atoms with Gasteiger partial charge in [0, 0.05) is 5.69 Å². The molecule has 1 saturated carbocycles. The highest BCUT2D eigenvalue weighted by molar-refractivity contribution is 5.95. The van der Waals surface area contributed by atoms with Gasteiger partial charge in [0.1, 0.15) is 0 Å². The first-order valence-corrected chi connectivity index (χ1v) is 8.07. The fourth-order valence-corrected chi connectivity index (χ4v) is 2.97. The predicted molar refractivity (Wildman–Crippen MR) is 93.8 cm³/mol. The van der Waals surface area contributed by atoms with E-state index in [0.29, 0.717) is 0 Å². The number of hydrogen-bond donors (Lipinski definition) is 2. The molecule has 2 unspecified atom stereocenters. The van der Waals surface area contributed by atoms with Gasteiger partial charge in [-0.1, -0.05) is 57.0 Å². The molecule has 1 fully saturated rings. The molecule has 0 heterocycles. The van der Waals surface area contributed by atoms with E-state index in [-0.39, 0.29) is 12.5 Å². The van der Waals surface area contributed by atoms with E-state index in [9.17, 15) is 4.79 Å². The standard InChI is InChI=1S/C12H12N2O.C7H14/c13-8-12(15)14-11-6-5-9-3-1-2-4-10(9)7-11;1-6-3-4-7(2)5-6/h1-7H,8,13H2,(H,14,15);6-7H,3-5H2,1-2H3. The van der Waals surface area contributed by atoms with Crippen LogP contribution < -0.4 is 11.1 Å². The maximum atomic E-state index is 11.1. The van der Waals surface area contributed by atoms with Gasteiger partial charge in [0.05, 0.1) is 6.54 Å². The lowest BCUT2D eigenvalue weighted by atomic mass is 10.1. The van der Waals surface area contributed by atoms with Gasteiger partial charge in [-0.2, -0.15) is 0 Å². The van der Waals surface area contributed by atoms with Gasteiger partial charge in [-0.15, -0.1) is 0 Å². The summed E-state index contributed by atoms with van der Waals surface area (Å²) < 4.78 is 0. The SMILES string of the molecule is CC1CCC(C)C1.NCC(=O)Nc1ccc2ccccc2c1. The summed E-state index contributed by atoms with van der Waals surface area (Å²) in [6.07, 6.45) is 4.42. The smallest absolute Gasteiger partial charge is 0.238 e. The summed E-state index contributed by atoms with van der Waals surface area (Å²) in [4.78, 5) is 11.1. The maximum absolute atomic E-state index is 11.1. The molecular weight excluding hydrogens is 272 g/mol. The van der Waals surface area contributed by atoms with E-state index in [1.807, 2.05) is 42.5 Å². The number of nitrogens with two attached hydrogens (primary N) is 1. The Labute approximate surface area is 132 Å². The normalized spacial score (nSPS) is 20.3. The van der Waals surface area contributed by atoms with Crippen molar-refractivity contribution in [3.63, 3.8) is 0 Å². The molecule has 0 aliphatic heterocycles. The van der Waals surface area contributed by atoms with Crippen molar-refractivity contribution in [2.75, 3.05) is 11.9 Å². The van der Waals surface area contributed by atoms with Gasteiger partial charge in [-0.25, -0.2) is 0 Å². The molecule has 118 valence electrons. The predicted octanol–water partition coefficient (Wildman–Crippen LogP) is 4.18. The van der Waals surface area contributed by atoms with Gasteiger partial charge < -0.3 is 11.1 Å². The van der Waals surface area contributed by atoms with Crippen LogP contribution >= 0.6 is 0 Å². The number of nitrogens with one attached hydrogen (secondary N) is 1. The topological polar surface area (TPSA) is 55.1 Å². The van der Waals surface area contributed by atoms with Gasteiger partial charge >= 0.3 is 0 Å². The molecule has 3 nitrogen and oxygen atoms in total. The number of fused-ring (bicyclic) bond motifs is 1. The van der Waals surface area contributed by atoms with Crippen molar-refractivity contribution in [3.8, 4) is 0 Å². The van der Waals surface area contributed by atoms with Gasteiger partial charge in [-0.3, -0.25) is 4.79 Å². The van der Waals surface area contributed by atoms with Crippen molar-refractivity contribution < 1.29 is 4.79 Å². The Hall–Kier alpha value is -1.87. The van der Waals surface area contributed by atoms with Gasteiger partial charge in [0.2, 0.25) is 5.91 Å². The number of rotatable bonds is 2. The molecule has 1 aliphatic rings. The third-order valence-electron chi connectivity index (χ3n) is 4.18. The van der Waals surface area contributed by atoms with Crippen LogP contribution in [0.25, 0.3) is 10.8 Å². The quantitative estimate of drug-likeness (QED) is 0.874. The average molecular weight is 298 g/mol.